The molecular weight excluding hydrogens is 312 g/mol. The van der Waals surface area contributed by atoms with Crippen LogP contribution in [0, 0.1) is 11.3 Å². The molecule has 2 aromatic heterocycles. The molecule has 0 aliphatic rings. The van der Waals surface area contributed by atoms with E-state index >= 15 is 0 Å². The van der Waals surface area contributed by atoms with E-state index in [1.165, 1.54) is 0 Å². The van der Waals surface area contributed by atoms with Crippen LogP contribution in [0.5, 0.6) is 0 Å². The summed E-state index contributed by atoms with van der Waals surface area (Å²) in [6.45, 7) is 3.51. The number of anilines is 1. The SMILES string of the molecule is CC(C)=C(C#N)C(=O)Nc1cccc2c(-c3ccncc3)cn(C)c12. The molecule has 1 N–H and O–H groups in total. The number of para-hydroxylation sites is 1. The Bertz CT molecular complexity index is 1020. The molecule has 3 rings (SSSR count). The van der Waals surface area contributed by atoms with Crippen LogP contribution >= 0.6 is 0 Å². The van der Waals surface area contributed by atoms with Crippen LogP contribution in [0.25, 0.3) is 22.0 Å². The molecule has 0 aliphatic heterocycles. The van der Waals surface area contributed by atoms with E-state index in [4.69, 9.17) is 0 Å². The summed E-state index contributed by atoms with van der Waals surface area (Å²) in [5.74, 6) is -0.387. The van der Waals surface area contributed by atoms with Crippen molar-refractivity contribution in [2.75, 3.05) is 5.32 Å². The summed E-state index contributed by atoms with van der Waals surface area (Å²) in [6.07, 6.45) is 5.55. The van der Waals surface area contributed by atoms with Crippen molar-refractivity contribution in [3.63, 3.8) is 0 Å². The van der Waals surface area contributed by atoms with Gasteiger partial charge in [0.2, 0.25) is 0 Å². The van der Waals surface area contributed by atoms with Gasteiger partial charge in [-0.1, -0.05) is 17.7 Å². The van der Waals surface area contributed by atoms with Crippen molar-refractivity contribution in [3.8, 4) is 17.2 Å². The molecule has 5 nitrogen and oxygen atoms in total. The fourth-order valence-electron chi connectivity index (χ4n) is 2.91. The van der Waals surface area contributed by atoms with Crippen LogP contribution in [-0.4, -0.2) is 15.5 Å². The van der Waals surface area contributed by atoms with Crippen molar-refractivity contribution in [2.45, 2.75) is 13.8 Å². The highest BCUT2D eigenvalue weighted by Crippen LogP contribution is 2.34. The number of pyridine rings is 1. The van der Waals surface area contributed by atoms with Gasteiger partial charge in [-0.25, -0.2) is 0 Å². The highest BCUT2D eigenvalue weighted by atomic mass is 16.1. The van der Waals surface area contributed by atoms with Crippen LogP contribution in [-0.2, 0) is 11.8 Å². The summed E-state index contributed by atoms with van der Waals surface area (Å²) >= 11 is 0. The number of benzene rings is 1. The second-order valence-electron chi connectivity index (χ2n) is 6.03. The average molecular weight is 330 g/mol. The van der Waals surface area contributed by atoms with E-state index in [0.717, 1.165) is 22.0 Å². The normalized spacial score (nSPS) is 10.3. The summed E-state index contributed by atoms with van der Waals surface area (Å²) in [4.78, 5) is 16.5. The summed E-state index contributed by atoms with van der Waals surface area (Å²) in [6, 6.07) is 11.6. The molecule has 1 aromatic carbocycles. The number of hydrogen-bond acceptors (Lipinski definition) is 3. The molecule has 0 spiro atoms. The van der Waals surface area contributed by atoms with Gasteiger partial charge in [0.25, 0.3) is 5.91 Å². The number of carbonyl (C=O) groups excluding carboxylic acids is 1. The van der Waals surface area contributed by atoms with E-state index in [0.29, 0.717) is 11.3 Å². The fourth-order valence-corrected chi connectivity index (χ4v) is 2.91. The van der Waals surface area contributed by atoms with Crippen LogP contribution in [0.4, 0.5) is 5.69 Å². The first-order valence-corrected chi connectivity index (χ1v) is 7.90. The van der Waals surface area contributed by atoms with Crippen molar-refractivity contribution < 1.29 is 4.79 Å². The molecule has 0 radical (unpaired) electrons. The van der Waals surface area contributed by atoms with Crippen molar-refractivity contribution in [1.82, 2.24) is 9.55 Å². The Labute approximate surface area is 146 Å². The summed E-state index contributed by atoms with van der Waals surface area (Å²) in [7, 11) is 1.94. The topological polar surface area (TPSA) is 70.7 Å². The minimum absolute atomic E-state index is 0.139. The Balaban J connectivity index is 2.11. The van der Waals surface area contributed by atoms with Crippen molar-refractivity contribution in [1.29, 1.82) is 5.26 Å². The van der Waals surface area contributed by atoms with Crippen LogP contribution < -0.4 is 5.32 Å². The lowest BCUT2D eigenvalue weighted by atomic mass is 10.1. The monoisotopic (exact) mass is 330 g/mol. The average Bonchev–Trinajstić information content (AvgIpc) is 2.94. The highest BCUT2D eigenvalue weighted by Gasteiger charge is 2.16. The first kappa shape index (κ1) is 16.5. The number of aryl methyl sites for hydroxylation is 1. The minimum Gasteiger partial charge on any atom is -0.348 e. The minimum atomic E-state index is -0.387. The van der Waals surface area contributed by atoms with Gasteiger partial charge in [0.15, 0.2) is 0 Å². The highest BCUT2D eigenvalue weighted by molar-refractivity contribution is 6.12. The lowest BCUT2D eigenvalue weighted by Gasteiger charge is -2.09. The van der Waals surface area contributed by atoms with Crippen LogP contribution in [0.1, 0.15) is 13.8 Å². The number of nitrogens with zero attached hydrogens (tertiary/aromatic N) is 3. The molecule has 2 heterocycles. The maximum absolute atomic E-state index is 12.4. The van der Waals surface area contributed by atoms with Gasteiger partial charge in [0.05, 0.1) is 11.2 Å². The maximum Gasteiger partial charge on any atom is 0.266 e. The van der Waals surface area contributed by atoms with E-state index in [1.54, 1.807) is 26.2 Å². The molecule has 0 unspecified atom stereocenters. The number of carbonyl (C=O) groups is 1. The summed E-state index contributed by atoms with van der Waals surface area (Å²) in [5, 5.41) is 13.1. The molecular formula is C20H18N4O. The van der Waals surface area contributed by atoms with Gasteiger partial charge in [-0.05, 0) is 37.6 Å². The Hall–Kier alpha value is -3.39. The van der Waals surface area contributed by atoms with Crippen LogP contribution in [0.2, 0.25) is 0 Å². The maximum atomic E-state index is 12.4. The van der Waals surface area contributed by atoms with Gasteiger partial charge in [-0.3, -0.25) is 9.78 Å². The van der Waals surface area contributed by atoms with Gasteiger partial charge in [-0.15, -0.1) is 0 Å². The van der Waals surface area contributed by atoms with Crippen molar-refractivity contribution >= 4 is 22.5 Å². The molecule has 3 aromatic rings. The first-order chi connectivity index (χ1) is 12.0. The smallest absolute Gasteiger partial charge is 0.266 e. The predicted molar refractivity (Wildman–Crippen MR) is 98.8 cm³/mol. The van der Waals surface area contributed by atoms with Crippen LogP contribution in [0.3, 0.4) is 0 Å². The molecule has 0 bridgehead atoms. The summed E-state index contributed by atoms with van der Waals surface area (Å²) < 4.78 is 1.98. The Morgan fingerprint density at radius 3 is 2.56 bits per heavy atom. The zero-order valence-electron chi connectivity index (χ0n) is 14.4. The zero-order valence-corrected chi connectivity index (χ0v) is 14.4. The molecule has 1 amide bonds. The van der Waals surface area contributed by atoms with Gasteiger partial charge in [-0.2, -0.15) is 5.26 Å². The number of nitrogens with one attached hydrogen (secondary N) is 1. The van der Waals surface area contributed by atoms with E-state index in [1.807, 2.05) is 54.2 Å². The van der Waals surface area contributed by atoms with Gasteiger partial charge < -0.3 is 9.88 Å². The molecule has 5 heteroatoms. The number of fused-ring (bicyclic) bond motifs is 1. The van der Waals surface area contributed by atoms with Gasteiger partial charge in [0.1, 0.15) is 11.6 Å². The van der Waals surface area contributed by atoms with E-state index in [-0.39, 0.29) is 11.5 Å². The Morgan fingerprint density at radius 1 is 1.20 bits per heavy atom. The number of nitriles is 1. The zero-order chi connectivity index (χ0) is 18.0. The molecule has 0 aliphatic carbocycles. The van der Waals surface area contributed by atoms with Gasteiger partial charge >= 0.3 is 0 Å². The molecule has 0 atom stereocenters. The molecule has 0 saturated carbocycles. The molecule has 0 saturated heterocycles. The largest absolute Gasteiger partial charge is 0.348 e. The third-order valence-corrected chi connectivity index (χ3v) is 4.08. The second-order valence-corrected chi connectivity index (χ2v) is 6.03. The predicted octanol–water partition coefficient (Wildman–Crippen LogP) is 4.04. The Kier molecular flexibility index (Phi) is 4.36. The number of rotatable bonds is 3. The quantitative estimate of drug-likeness (QED) is 0.582. The second kappa shape index (κ2) is 6.62. The van der Waals surface area contributed by atoms with E-state index in [9.17, 15) is 10.1 Å². The molecule has 25 heavy (non-hydrogen) atoms. The molecule has 0 fully saturated rings. The fraction of sp³-hybridized carbons (Fsp3) is 0.150. The van der Waals surface area contributed by atoms with Crippen molar-refractivity contribution in [3.05, 3.63) is 60.1 Å². The summed E-state index contributed by atoms with van der Waals surface area (Å²) in [5.41, 5.74) is 4.55. The van der Waals surface area contributed by atoms with Gasteiger partial charge in [0, 0.05) is 36.6 Å². The van der Waals surface area contributed by atoms with Crippen LogP contribution in [0.15, 0.2) is 60.1 Å². The van der Waals surface area contributed by atoms with E-state index in [2.05, 4.69) is 10.3 Å². The lowest BCUT2D eigenvalue weighted by Crippen LogP contribution is -2.15. The van der Waals surface area contributed by atoms with E-state index < -0.39 is 0 Å². The Morgan fingerprint density at radius 2 is 1.92 bits per heavy atom. The standard InChI is InChI=1S/C20H18N4O/c1-13(2)16(11-21)20(25)23-18-6-4-5-15-17(12-24(3)19(15)18)14-7-9-22-10-8-14/h4-10,12H,1-3H3,(H,23,25). The molecule has 124 valence electrons. The third kappa shape index (κ3) is 3.02. The number of aromatic nitrogens is 2. The van der Waals surface area contributed by atoms with Crippen molar-refractivity contribution in [2.24, 2.45) is 7.05 Å². The number of hydrogen-bond donors (Lipinski definition) is 1. The number of allylic oxidation sites excluding steroid dienone is 1. The third-order valence-electron chi connectivity index (χ3n) is 4.08. The first-order valence-electron chi connectivity index (χ1n) is 7.90. The number of amides is 1. The lowest BCUT2D eigenvalue weighted by molar-refractivity contribution is -0.112.